The number of benzene rings is 2. The number of anilines is 1. The normalized spacial score (nSPS) is 29.2. The molecule has 2 bridgehead atoms. The summed E-state index contributed by atoms with van der Waals surface area (Å²) in [6, 6.07) is 13.5. The number of allylic oxidation sites excluding steroid dienone is 2. The summed E-state index contributed by atoms with van der Waals surface area (Å²) in [5, 5.41) is 0. The molecule has 2 amide bonds. The molecule has 4 atom stereocenters. The molecule has 154 valence electrons. The van der Waals surface area contributed by atoms with E-state index >= 15 is 0 Å². The van der Waals surface area contributed by atoms with Crippen LogP contribution in [-0.4, -0.2) is 11.8 Å². The highest BCUT2D eigenvalue weighted by Crippen LogP contribution is 2.60. The second-order valence-electron chi connectivity index (χ2n) is 9.42. The van der Waals surface area contributed by atoms with E-state index in [1.165, 1.54) is 4.90 Å². The molecule has 0 spiro atoms. The van der Waals surface area contributed by atoms with Gasteiger partial charge in [0.05, 0.1) is 17.0 Å². The number of rotatable bonds is 4. The van der Waals surface area contributed by atoms with Gasteiger partial charge in [0, 0.05) is 0 Å². The van der Waals surface area contributed by atoms with Gasteiger partial charge < -0.3 is 4.74 Å². The van der Waals surface area contributed by atoms with E-state index in [9.17, 15) is 9.59 Å². The first-order valence-corrected chi connectivity index (χ1v) is 10.8. The summed E-state index contributed by atoms with van der Waals surface area (Å²) in [4.78, 5) is 27.8. The molecule has 5 rings (SSSR count). The van der Waals surface area contributed by atoms with Crippen molar-refractivity contribution in [2.24, 2.45) is 23.2 Å². The maximum absolute atomic E-state index is 13.3. The number of fused-ring (bicyclic) bond motifs is 5. The van der Waals surface area contributed by atoms with Gasteiger partial charge in [0.1, 0.15) is 11.5 Å². The second-order valence-corrected chi connectivity index (χ2v) is 9.42. The minimum atomic E-state index is -0.598. The standard InChI is InChI=1S/C26H27NO3/c1-15(2)21-12-5-16(3)13-22(21)30-20-10-8-19(9-11-20)27-24(28)23-17-6-7-18(14-17)26(23,4)25(27)29/h5-13,15,17-18,23H,14H2,1-4H3/t17-,18-,23-,26-/m0/s1. The van der Waals surface area contributed by atoms with E-state index in [2.05, 4.69) is 38.1 Å². The lowest BCUT2D eigenvalue weighted by molar-refractivity contribution is -0.127. The van der Waals surface area contributed by atoms with E-state index in [0.29, 0.717) is 17.4 Å². The Balaban J connectivity index is 1.41. The first kappa shape index (κ1) is 19.1. The lowest BCUT2D eigenvalue weighted by Crippen LogP contribution is -2.37. The molecule has 1 heterocycles. The van der Waals surface area contributed by atoms with Crippen LogP contribution >= 0.6 is 0 Å². The van der Waals surface area contributed by atoms with Gasteiger partial charge in [-0.1, -0.05) is 38.1 Å². The van der Waals surface area contributed by atoms with Gasteiger partial charge in [-0.3, -0.25) is 9.59 Å². The summed E-state index contributed by atoms with van der Waals surface area (Å²) in [5.41, 5.74) is 2.32. The van der Waals surface area contributed by atoms with Gasteiger partial charge in [-0.2, -0.15) is 0 Å². The Hall–Kier alpha value is -2.88. The van der Waals surface area contributed by atoms with Gasteiger partial charge in [-0.05, 0) is 79.5 Å². The van der Waals surface area contributed by atoms with Gasteiger partial charge in [-0.15, -0.1) is 0 Å². The van der Waals surface area contributed by atoms with E-state index in [-0.39, 0.29) is 29.6 Å². The lowest BCUT2D eigenvalue weighted by Gasteiger charge is -2.28. The third-order valence-electron chi connectivity index (χ3n) is 7.23. The van der Waals surface area contributed by atoms with E-state index in [1.807, 2.05) is 44.2 Å². The molecular weight excluding hydrogens is 374 g/mol. The molecule has 0 aromatic heterocycles. The Bertz CT molecular complexity index is 1070. The number of nitrogens with zero attached hydrogens (tertiary/aromatic N) is 1. The summed E-state index contributed by atoms with van der Waals surface area (Å²) in [6.45, 7) is 8.30. The quantitative estimate of drug-likeness (QED) is 0.494. The number of imide groups is 1. The molecule has 0 unspecified atom stereocenters. The van der Waals surface area contributed by atoms with Crippen LogP contribution < -0.4 is 9.64 Å². The summed E-state index contributed by atoms with van der Waals surface area (Å²) < 4.78 is 6.16. The topological polar surface area (TPSA) is 46.6 Å². The monoisotopic (exact) mass is 401 g/mol. The fraction of sp³-hybridized carbons (Fsp3) is 0.385. The highest BCUT2D eigenvalue weighted by atomic mass is 16.5. The number of carbonyl (C=O) groups is 2. The first-order chi connectivity index (χ1) is 14.3. The van der Waals surface area contributed by atoms with Gasteiger partial charge >= 0.3 is 0 Å². The molecule has 2 aromatic carbocycles. The highest BCUT2D eigenvalue weighted by Gasteiger charge is 2.67. The Morgan fingerprint density at radius 3 is 2.47 bits per heavy atom. The van der Waals surface area contributed by atoms with Gasteiger partial charge in [-0.25, -0.2) is 4.90 Å². The van der Waals surface area contributed by atoms with Crippen molar-refractivity contribution in [1.82, 2.24) is 0 Å². The van der Waals surface area contributed by atoms with E-state index < -0.39 is 5.41 Å². The molecule has 1 aliphatic heterocycles. The molecule has 2 fully saturated rings. The number of aryl methyl sites for hydroxylation is 1. The van der Waals surface area contributed by atoms with Crippen molar-refractivity contribution in [3.63, 3.8) is 0 Å². The lowest BCUT2D eigenvalue weighted by atomic mass is 9.71. The molecule has 2 aliphatic carbocycles. The van der Waals surface area contributed by atoms with Crippen LogP contribution in [0, 0.1) is 30.1 Å². The second kappa shape index (κ2) is 6.56. The van der Waals surface area contributed by atoms with E-state index in [4.69, 9.17) is 4.74 Å². The van der Waals surface area contributed by atoms with E-state index in [1.54, 1.807) is 0 Å². The number of amides is 2. The summed E-state index contributed by atoms with van der Waals surface area (Å²) in [6.07, 6.45) is 5.17. The molecule has 1 saturated heterocycles. The van der Waals surface area contributed by atoms with Crippen LogP contribution in [0.3, 0.4) is 0 Å². The smallest absolute Gasteiger partial charge is 0.241 e. The molecule has 30 heavy (non-hydrogen) atoms. The van der Waals surface area contributed by atoms with E-state index in [0.717, 1.165) is 23.3 Å². The molecule has 4 nitrogen and oxygen atoms in total. The predicted molar refractivity (Wildman–Crippen MR) is 117 cm³/mol. The largest absolute Gasteiger partial charge is 0.457 e. The van der Waals surface area contributed by atoms with Crippen molar-refractivity contribution in [2.75, 3.05) is 4.90 Å². The van der Waals surface area contributed by atoms with Crippen LogP contribution in [0.5, 0.6) is 11.5 Å². The zero-order chi connectivity index (χ0) is 21.2. The number of ether oxygens (including phenoxy) is 1. The molecule has 4 heteroatoms. The minimum Gasteiger partial charge on any atom is -0.457 e. The average molecular weight is 402 g/mol. The Morgan fingerprint density at radius 2 is 1.80 bits per heavy atom. The maximum atomic E-state index is 13.3. The molecule has 0 radical (unpaired) electrons. The van der Waals surface area contributed by atoms with Crippen LogP contribution in [-0.2, 0) is 9.59 Å². The highest BCUT2D eigenvalue weighted by molar-refractivity contribution is 6.24. The fourth-order valence-electron chi connectivity index (χ4n) is 5.55. The third kappa shape index (κ3) is 2.59. The van der Waals surface area contributed by atoms with Crippen molar-refractivity contribution in [1.29, 1.82) is 0 Å². The van der Waals surface area contributed by atoms with Crippen LogP contribution in [0.1, 0.15) is 44.2 Å². The zero-order valence-corrected chi connectivity index (χ0v) is 17.9. The fourth-order valence-corrected chi connectivity index (χ4v) is 5.55. The molecular formula is C26H27NO3. The van der Waals surface area contributed by atoms with Crippen molar-refractivity contribution in [3.05, 3.63) is 65.7 Å². The SMILES string of the molecule is Cc1ccc(C(C)C)c(Oc2ccc(N3C(=O)[C@@H]4[C@H]5C=C[C@@H](C5)[C@]4(C)C3=O)cc2)c1. The molecule has 3 aliphatic rings. The van der Waals surface area contributed by atoms with Crippen molar-refractivity contribution >= 4 is 17.5 Å². The van der Waals surface area contributed by atoms with Crippen LogP contribution in [0.4, 0.5) is 5.69 Å². The van der Waals surface area contributed by atoms with Crippen LogP contribution in [0.25, 0.3) is 0 Å². The minimum absolute atomic E-state index is 0.0613. The van der Waals surface area contributed by atoms with Gasteiger partial charge in [0.15, 0.2) is 0 Å². The van der Waals surface area contributed by atoms with Crippen LogP contribution in [0.15, 0.2) is 54.6 Å². The van der Waals surface area contributed by atoms with Gasteiger partial charge in [0.25, 0.3) is 0 Å². The number of carbonyl (C=O) groups excluding carboxylic acids is 2. The van der Waals surface area contributed by atoms with Crippen molar-refractivity contribution in [3.8, 4) is 11.5 Å². The number of hydrogen-bond acceptors (Lipinski definition) is 3. The summed E-state index contributed by atoms with van der Waals surface area (Å²) in [5.74, 6) is 1.90. The van der Waals surface area contributed by atoms with Gasteiger partial charge in [0.2, 0.25) is 11.8 Å². The Labute approximate surface area is 177 Å². The van der Waals surface area contributed by atoms with Crippen molar-refractivity contribution < 1.29 is 14.3 Å². The Morgan fingerprint density at radius 1 is 1.07 bits per heavy atom. The first-order valence-electron chi connectivity index (χ1n) is 10.8. The maximum Gasteiger partial charge on any atom is 0.241 e. The molecule has 2 aromatic rings. The summed E-state index contributed by atoms with van der Waals surface area (Å²) in [7, 11) is 0. The number of hydrogen-bond donors (Lipinski definition) is 0. The van der Waals surface area contributed by atoms with Crippen molar-refractivity contribution in [2.45, 2.75) is 40.0 Å². The zero-order valence-electron chi connectivity index (χ0n) is 17.9. The molecule has 0 N–H and O–H groups in total. The van der Waals surface area contributed by atoms with Crippen LogP contribution in [0.2, 0.25) is 0 Å². The Kier molecular flexibility index (Phi) is 4.18. The average Bonchev–Trinajstić information content (AvgIpc) is 3.34. The third-order valence-corrected chi connectivity index (χ3v) is 7.23. The summed E-state index contributed by atoms with van der Waals surface area (Å²) >= 11 is 0. The predicted octanol–water partition coefficient (Wildman–Crippen LogP) is 5.61. The molecule has 1 saturated carbocycles.